The van der Waals surface area contributed by atoms with Crippen LogP contribution in [-0.2, 0) is 9.53 Å². The fraction of sp³-hybridized carbons (Fsp3) is 0.519. The Morgan fingerprint density at radius 2 is 1.77 bits per heavy atom. The predicted molar refractivity (Wildman–Crippen MR) is 123 cm³/mol. The molecule has 3 heteroatoms. The number of hydrogen-bond acceptors (Lipinski definition) is 3. The number of ether oxygens (including phenoxy) is 2. The zero-order chi connectivity index (χ0) is 21.7. The molecule has 0 bridgehead atoms. The molecule has 2 aromatic rings. The molecule has 0 heterocycles. The molecule has 2 aromatic carbocycles. The monoisotopic (exact) mass is 408 g/mol. The Morgan fingerprint density at radius 3 is 2.40 bits per heavy atom. The predicted octanol–water partition coefficient (Wildman–Crippen LogP) is 6.96. The van der Waals surface area contributed by atoms with Gasteiger partial charge in [-0.2, -0.15) is 0 Å². The van der Waals surface area contributed by atoms with E-state index in [-0.39, 0.29) is 11.9 Å². The van der Waals surface area contributed by atoms with Crippen LogP contribution < -0.4 is 4.74 Å². The Balaban J connectivity index is 2.06. The molecule has 162 valence electrons. The van der Waals surface area contributed by atoms with Crippen LogP contribution in [0.4, 0.5) is 0 Å². The number of carbonyl (C=O) groups excluding carboxylic acids is 1. The summed E-state index contributed by atoms with van der Waals surface area (Å²) in [5.74, 6) is 2.00. The van der Waals surface area contributed by atoms with Crippen LogP contribution in [0.5, 0.6) is 5.75 Å². The van der Waals surface area contributed by atoms with Gasteiger partial charge in [0, 0.05) is 5.56 Å². The van der Waals surface area contributed by atoms with E-state index in [1.807, 2.05) is 13.0 Å². The van der Waals surface area contributed by atoms with Crippen molar-refractivity contribution < 1.29 is 14.3 Å². The molecule has 30 heavy (non-hydrogen) atoms. The Labute approximate surface area is 181 Å². The van der Waals surface area contributed by atoms with Crippen molar-refractivity contribution in [1.29, 1.82) is 0 Å². The van der Waals surface area contributed by atoms with Crippen LogP contribution in [-0.4, -0.2) is 19.2 Å². The topological polar surface area (TPSA) is 35.5 Å². The zero-order valence-corrected chi connectivity index (χ0v) is 19.1. The lowest BCUT2D eigenvalue weighted by Crippen LogP contribution is -2.18. The van der Waals surface area contributed by atoms with Gasteiger partial charge in [-0.05, 0) is 72.8 Å². The molecule has 0 aliphatic heterocycles. The second-order valence-electron chi connectivity index (χ2n) is 9.19. The van der Waals surface area contributed by atoms with Crippen molar-refractivity contribution in [2.45, 2.75) is 65.7 Å². The van der Waals surface area contributed by atoms with Gasteiger partial charge in [-0.3, -0.25) is 4.79 Å². The van der Waals surface area contributed by atoms with E-state index in [1.165, 1.54) is 24.0 Å². The average molecular weight is 409 g/mol. The lowest BCUT2D eigenvalue weighted by Gasteiger charge is -2.22. The van der Waals surface area contributed by atoms with Crippen LogP contribution in [0.3, 0.4) is 0 Å². The first-order valence-corrected chi connectivity index (χ1v) is 11.4. The van der Waals surface area contributed by atoms with E-state index < -0.39 is 0 Å². The van der Waals surface area contributed by atoms with E-state index in [0.717, 1.165) is 29.9 Å². The molecule has 1 aliphatic carbocycles. The van der Waals surface area contributed by atoms with Gasteiger partial charge in [0.25, 0.3) is 0 Å². The Bertz CT molecular complexity index is 849. The SMILES string of the molecule is CCOC(=O)C(CC(C)C)c1ccc(OCC2CC2)c(-c2ccccc2C(C)C)c1. The second kappa shape index (κ2) is 10.1. The second-order valence-corrected chi connectivity index (χ2v) is 9.19. The van der Waals surface area contributed by atoms with E-state index in [1.54, 1.807) is 0 Å². The molecule has 0 amide bonds. The van der Waals surface area contributed by atoms with Gasteiger partial charge < -0.3 is 9.47 Å². The van der Waals surface area contributed by atoms with Gasteiger partial charge in [-0.1, -0.05) is 58.0 Å². The van der Waals surface area contributed by atoms with E-state index in [2.05, 4.69) is 64.1 Å². The maximum atomic E-state index is 12.8. The van der Waals surface area contributed by atoms with Crippen molar-refractivity contribution in [2.75, 3.05) is 13.2 Å². The summed E-state index contributed by atoms with van der Waals surface area (Å²) in [5, 5.41) is 0. The summed E-state index contributed by atoms with van der Waals surface area (Å²) < 4.78 is 11.7. The van der Waals surface area contributed by atoms with Gasteiger partial charge >= 0.3 is 5.97 Å². The molecular weight excluding hydrogens is 372 g/mol. The molecule has 3 rings (SSSR count). The highest BCUT2D eigenvalue weighted by molar-refractivity contribution is 5.81. The molecule has 1 atom stereocenters. The third-order valence-electron chi connectivity index (χ3n) is 5.73. The van der Waals surface area contributed by atoms with Crippen molar-refractivity contribution in [3.05, 3.63) is 53.6 Å². The van der Waals surface area contributed by atoms with E-state index in [4.69, 9.17) is 9.47 Å². The highest BCUT2D eigenvalue weighted by Gasteiger charge is 2.26. The molecule has 0 aromatic heterocycles. The van der Waals surface area contributed by atoms with Gasteiger partial charge in [-0.25, -0.2) is 0 Å². The standard InChI is InChI=1S/C27H36O3/c1-6-29-27(28)24(15-18(2)3)21-13-14-26(30-17-20-11-12-20)25(16-21)23-10-8-7-9-22(23)19(4)5/h7-10,13-14,16,18-20,24H,6,11-12,15,17H2,1-5H3. The van der Waals surface area contributed by atoms with Gasteiger partial charge in [0.05, 0.1) is 19.1 Å². The van der Waals surface area contributed by atoms with Gasteiger partial charge in [0.2, 0.25) is 0 Å². The van der Waals surface area contributed by atoms with Crippen molar-refractivity contribution in [3.63, 3.8) is 0 Å². The summed E-state index contributed by atoms with van der Waals surface area (Å²) >= 11 is 0. The first-order valence-electron chi connectivity index (χ1n) is 11.4. The molecule has 1 unspecified atom stereocenters. The third-order valence-corrected chi connectivity index (χ3v) is 5.73. The molecule has 0 spiro atoms. The van der Waals surface area contributed by atoms with Crippen LogP contribution in [0.1, 0.15) is 76.8 Å². The van der Waals surface area contributed by atoms with Crippen LogP contribution in [0.25, 0.3) is 11.1 Å². The quantitative estimate of drug-likeness (QED) is 0.399. The summed E-state index contributed by atoms with van der Waals surface area (Å²) in [4.78, 5) is 12.8. The average Bonchev–Trinajstić information content (AvgIpc) is 3.55. The first-order chi connectivity index (χ1) is 14.4. The summed E-state index contributed by atoms with van der Waals surface area (Å²) in [5.41, 5.74) is 4.57. The van der Waals surface area contributed by atoms with Crippen molar-refractivity contribution in [1.82, 2.24) is 0 Å². The minimum Gasteiger partial charge on any atom is -0.493 e. The van der Waals surface area contributed by atoms with E-state index in [0.29, 0.717) is 24.4 Å². The van der Waals surface area contributed by atoms with Crippen molar-refractivity contribution in [3.8, 4) is 16.9 Å². The first kappa shape index (κ1) is 22.4. The molecular formula is C27H36O3. The molecule has 0 N–H and O–H groups in total. The van der Waals surface area contributed by atoms with Crippen LogP contribution in [0.15, 0.2) is 42.5 Å². The van der Waals surface area contributed by atoms with E-state index in [9.17, 15) is 4.79 Å². The molecule has 1 aliphatic rings. The van der Waals surface area contributed by atoms with Gasteiger partial charge in [0.1, 0.15) is 5.75 Å². The van der Waals surface area contributed by atoms with Crippen LogP contribution in [0.2, 0.25) is 0 Å². The summed E-state index contributed by atoms with van der Waals surface area (Å²) in [6, 6.07) is 14.8. The smallest absolute Gasteiger partial charge is 0.313 e. The minimum atomic E-state index is -0.257. The zero-order valence-electron chi connectivity index (χ0n) is 19.1. The maximum absolute atomic E-state index is 12.8. The molecule has 0 radical (unpaired) electrons. The highest BCUT2D eigenvalue weighted by atomic mass is 16.5. The number of rotatable bonds is 10. The largest absolute Gasteiger partial charge is 0.493 e. The summed E-state index contributed by atoms with van der Waals surface area (Å²) in [6.07, 6.45) is 3.29. The Morgan fingerprint density at radius 1 is 1.03 bits per heavy atom. The summed E-state index contributed by atoms with van der Waals surface area (Å²) in [6.45, 7) is 11.8. The molecule has 0 saturated heterocycles. The fourth-order valence-electron chi connectivity index (χ4n) is 3.92. The molecule has 1 saturated carbocycles. The number of esters is 1. The van der Waals surface area contributed by atoms with Crippen molar-refractivity contribution in [2.24, 2.45) is 11.8 Å². The van der Waals surface area contributed by atoms with E-state index >= 15 is 0 Å². The van der Waals surface area contributed by atoms with Crippen LogP contribution >= 0.6 is 0 Å². The minimum absolute atomic E-state index is 0.138. The van der Waals surface area contributed by atoms with Crippen LogP contribution in [0, 0.1) is 11.8 Å². The molecule has 1 fully saturated rings. The lowest BCUT2D eigenvalue weighted by molar-refractivity contribution is -0.145. The maximum Gasteiger partial charge on any atom is 0.313 e. The third kappa shape index (κ3) is 5.65. The fourth-order valence-corrected chi connectivity index (χ4v) is 3.92. The summed E-state index contributed by atoms with van der Waals surface area (Å²) in [7, 11) is 0. The van der Waals surface area contributed by atoms with Crippen molar-refractivity contribution >= 4 is 5.97 Å². The van der Waals surface area contributed by atoms with Gasteiger partial charge in [0.15, 0.2) is 0 Å². The Kier molecular flexibility index (Phi) is 7.58. The van der Waals surface area contributed by atoms with Gasteiger partial charge in [-0.15, -0.1) is 0 Å². The number of carbonyl (C=O) groups is 1. The number of benzene rings is 2. The lowest BCUT2D eigenvalue weighted by atomic mass is 9.86. The molecule has 3 nitrogen and oxygen atoms in total. The Hall–Kier alpha value is -2.29. The number of hydrogen-bond donors (Lipinski definition) is 0. The normalized spacial score (nSPS) is 14.8. The highest BCUT2D eigenvalue weighted by Crippen LogP contribution is 2.40.